The van der Waals surface area contributed by atoms with E-state index in [0.717, 1.165) is 0 Å². The van der Waals surface area contributed by atoms with Crippen molar-refractivity contribution in [2.45, 2.75) is 0 Å². The maximum Gasteiger partial charge on any atom is 0.299 e. The summed E-state index contributed by atoms with van der Waals surface area (Å²) in [4.78, 5) is 0. The van der Waals surface area contributed by atoms with Crippen molar-refractivity contribution in [1.82, 2.24) is 0 Å². The van der Waals surface area contributed by atoms with Gasteiger partial charge in [0.05, 0.1) is 12.9 Å². The van der Waals surface area contributed by atoms with Crippen molar-refractivity contribution in [3.63, 3.8) is 0 Å². The van der Waals surface area contributed by atoms with Gasteiger partial charge in [-0.2, -0.15) is 0 Å². The van der Waals surface area contributed by atoms with Crippen LogP contribution in [-0.4, -0.2) is 0 Å². The Labute approximate surface area is 29.6 Å². The molecule has 0 amide bonds. The van der Waals surface area contributed by atoms with Gasteiger partial charge in [-0.3, -0.25) is 0 Å². The lowest BCUT2D eigenvalue weighted by Gasteiger charge is -1.58. The third-order valence-corrected chi connectivity index (χ3v) is 0.122. The molecular formula is CHNOS. The zero-order valence-electron chi connectivity index (χ0n) is 1.80. The second-order valence-electron chi connectivity index (χ2n) is 0.183. The predicted molar refractivity (Wildman–Crippen MR) is 15.7 cm³/mol. The number of hydrogen-bond donors (Lipinski definition) is 1. The fourth-order valence-corrected chi connectivity index (χ4v) is 0. The maximum atomic E-state index is 7.33. The molecule has 3 heteroatoms. The molecule has 0 saturated heterocycles. The first-order valence-corrected chi connectivity index (χ1v) is 0.975. The standard InChI is InChI=1S/CHNOS/c2-1-3-4/h4H. The summed E-state index contributed by atoms with van der Waals surface area (Å²) in [6.07, 6.45) is 1.29. The number of nitrogens with zero attached hydrogens (tertiary/aromatic N) is 1. The number of hydrogen-bond acceptors (Lipinski definition) is 3. The molecule has 0 N–H and O–H groups in total. The molecule has 0 aromatic heterocycles. The summed E-state index contributed by atoms with van der Waals surface area (Å²) in [6, 6.07) is 0. The molecule has 2 nitrogen and oxygen atoms in total. The molecule has 0 heterocycles. The lowest BCUT2D eigenvalue weighted by molar-refractivity contribution is 0.607. The fourth-order valence-electron chi connectivity index (χ4n) is 0. The summed E-state index contributed by atoms with van der Waals surface area (Å²) in [7, 11) is 0. The highest BCUT2D eigenvalue weighted by atomic mass is 32.1. The Kier molecular flexibility index (Phi) is 2.40. The maximum absolute atomic E-state index is 7.33. The topological polar surface area (TPSA) is 33.0 Å². The molecule has 0 aromatic carbocycles. The van der Waals surface area contributed by atoms with E-state index in [9.17, 15) is 0 Å². The number of thiol groups is 1. The van der Waals surface area contributed by atoms with Crippen LogP contribution in [0, 0.1) is 11.5 Å². The molecule has 0 atom stereocenters. The van der Waals surface area contributed by atoms with E-state index in [0.29, 0.717) is 0 Å². The molecule has 0 aliphatic carbocycles. The molecule has 0 unspecified atom stereocenters. The van der Waals surface area contributed by atoms with Crippen LogP contribution in [0.1, 0.15) is 0 Å². The van der Waals surface area contributed by atoms with Gasteiger partial charge >= 0.3 is 0 Å². The molecule has 0 aromatic rings. The minimum absolute atomic E-state index is 1.29. The Bertz CT molecular complexity index is 37.8. The molecule has 0 aliphatic rings. The molecule has 4 heavy (non-hydrogen) atoms. The monoisotopic (exact) mass is 75.0 g/mol. The van der Waals surface area contributed by atoms with Crippen LogP contribution in [0.3, 0.4) is 0 Å². The van der Waals surface area contributed by atoms with Gasteiger partial charge in [-0.1, -0.05) is 0 Å². The van der Waals surface area contributed by atoms with Crippen LogP contribution in [0.15, 0.2) is 0 Å². The SMILES string of the molecule is N#COS. The van der Waals surface area contributed by atoms with Crippen LogP contribution < -0.4 is 0 Å². The average molecular weight is 75.1 g/mol. The molecule has 0 fully saturated rings. The van der Waals surface area contributed by atoms with Gasteiger partial charge in [-0.05, 0) is 0 Å². The van der Waals surface area contributed by atoms with E-state index in [-0.39, 0.29) is 0 Å². The Morgan fingerprint density at radius 2 is 2.25 bits per heavy atom. The van der Waals surface area contributed by atoms with Crippen molar-refractivity contribution in [3.05, 3.63) is 0 Å². The second kappa shape index (κ2) is 2.64. The van der Waals surface area contributed by atoms with Crippen LogP contribution in [0.4, 0.5) is 0 Å². The predicted octanol–water partition coefficient (Wildman–Crippen LogP) is 0.329. The molecule has 0 rings (SSSR count). The van der Waals surface area contributed by atoms with Gasteiger partial charge < -0.3 is 4.18 Å². The van der Waals surface area contributed by atoms with E-state index >= 15 is 0 Å². The van der Waals surface area contributed by atoms with Crippen molar-refractivity contribution in [2.75, 3.05) is 0 Å². The summed E-state index contributed by atoms with van der Waals surface area (Å²) >= 11 is 3.06. The molecule has 22 valence electrons. The zero-order valence-corrected chi connectivity index (χ0v) is 2.70. The minimum Gasteiger partial charge on any atom is -0.356 e. The van der Waals surface area contributed by atoms with E-state index in [1.165, 1.54) is 6.26 Å². The Hall–Kier alpha value is -0.360. The first-order valence-electron chi connectivity index (χ1n) is 0.610. The summed E-state index contributed by atoms with van der Waals surface area (Å²) in [6.45, 7) is 0. The van der Waals surface area contributed by atoms with E-state index in [1.54, 1.807) is 0 Å². The van der Waals surface area contributed by atoms with E-state index < -0.39 is 0 Å². The molecule has 0 bridgehead atoms. The summed E-state index contributed by atoms with van der Waals surface area (Å²) in [5.74, 6) is 0. The van der Waals surface area contributed by atoms with Crippen LogP contribution in [-0.2, 0) is 4.18 Å². The lowest BCUT2D eigenvalue weighted by atomic mass is 11.6. The Morgan fingerprint density at radius 1 is 2.00 bits per heavy atom. The third kappa shape index (κ3) is 1.64. The van der Waals surface area contributed by atoms with E-state index in [1.807, 2.05) is 0 Å². The van der Waals surface area contributed by atoms with Crippen molar-refractivity contribution in [1.29, 1.82) is 5.26 Å². The quantitative estimate of drug-likeness (QED) is 0.255. The van der Waals surface area contributed by atoms with Crippen LogP contribution >= 0.6 is 12.9 Å². The second-order valence-corrected chi connectivity index (χ2v) is 0.365. The highest BCUT2D eigenvalue weighted by Crippen LogP contribution is 1.64. The van der Waals surface area contributed by atoms with Crippen molar-refractivity contribution in [3.8, 4) is 6.26 Å². The highest BCUT2D eigenvalue weighted by molar-refractivity contribution is 7.75. The fraction of sp³-hybridized carbons (Fsp3) is 0. The average Bonchev–Trinajstić information content (AvgIpc) is 1.37. The smallest absolute Gasteiger partial charge is 0.299 e. The van der Waals surface area contributed by atoms with Crippen molar-refractivity contribution >= 4 is 12.9 Å². The van der Waals surface area contributed by atoms with E-state index in [4.69, 9.17) is 5.26 Å². The first-order chi connectivity index (χ1) is 1.91. The number of nitriles is 1. The Balaban J connectivity index is 2.43. The summed E-state index contributed by atoms with van der Waals surface area (Å²) in [5.41, 5.74) is 0. The Morgan fingerprint density at radius 3 is 2.25 bits per heavy atom. The van der Waals surface area contributed by atoms with Gasteiger partial charge in [0.25, 0.3) is 6.26 Å². The summed E-state index contributed by atoms with van der Waals surface area (Å²) in [5, 5.41) is 7.33. The molecule has 0 radical (unpaired) electrons. The lowest BCUT2D eigenvalue weighted by Crippen LogP contribution is -1.41. The molecule has 0 spiro atoms. The van der Waals surface area contributed by atoms with Crippen LogP contribution in [0.25, 0.3) is 0 Å². The molecule has 0 aliphatic heterocycles. The zero-order chi connectivity index (χ0) is 3.41. The van der Waals surface area contributed by atoms with Gasteiger partial charge in [0, 0.05) is 0 Å². The molecule has 0 saturated carbocycles. The normalized spacial score (nSPS) is 4.00. The molecular weight excluding hydrogens is 74.1 g/mol. The van der Waals surface area contributed by atoms with Crippen molar-refractivity contribution in [2.24, 2.45) is 0 Å². The van der Waals surface area contributed by atoms with Crippen LogP contribution in [0.5, 0.6) is 0 Å². The van der Waals surface area contributed by atoms with Gasteiger partial charge in [-0.25, -0.2) is 0 Å². The third-order valence-electron chi connectivity index (χ3n) is 0.0408. The number of rotatable bonds is 0. The first kappa shape index (κ1) is 3.64. The summed E-state index contributed by atoms with van der Waals surface area (Å²) < 4.78 is 3.54. The highest BCUT2D eigenvalue weighted by Gasteiger charge is 1.44. The van der Waals surface area contributed by atoms with Gasteiger partial charge in [0.15, 0.2) is 0 Å². The van der Waals surface area contributed by atoms with Gasteiger partial charge in [-0.15, -0.1) is 5.26 Å². The minimum atomic E-state index is 1.29. The van der Waals surface area contributed by atoms with E-state index in [2.05, 4.69) is 17.1 Å². The van der Waals surface area contributed by atoms with Gasteiger partial charge in [0.1, 0.15) is 0 Å². The van der Waals surface area contributed by atoms with Crippen molar-refractivity contribution < 1.29 is 4.18 Å². The largest absolute Gasteiger partial charge is 0.356 e. The van der Waals surface area contributed by atoms with Gasteiger partial charge in [0.2, 0.25) is 0 Å². The van der Waals surface area contributed by atoms with Crippen LogP contribution in [0.2, 0.25) is 0 Å².